The molecule has 1 aromatic carbocycles. The third kappa shape index (κ3) is 7.49. The Morgan fingerprint density at radius 3 is 2.67 bits per heavy atom. The maximum Gasteiger partial charge on any atom is 0.221 e. The van der Waals surface area contributed by atoms with Gasteiger partial charge in [0.15, 0.2) is 5.96 Å². The SMILES string of the molecule is CN=C(NCCC(=O)NC(C)C)NCc1ccc(C)cc1OC1CCCC1. The number of nitrogens with zero attached hydrogens (tertiary/aromatic N) is 1. The van der Waals surface area contributed by atoms with Crippen LogP contribution in [0.1, 0.15) is 57.1 Å². The standard InChI is InChI=1S/C21H34N4O2/c1-15(2)25-20(26)11-12-23-21(22-4)24-14-17-10-9-16(3)13-19(17)27-18-7-5-6-8-18/h9-10,13,15,18H,5-8,11-12,14H2,1-4H3,(H,25,26)(H2,22,23,24). The quantitative estimate of drug-likeness (QED) is 0.483. The summed E-state index contributed by atoms with van der Waals surface area (Å²) in [6.07, 6.45) is 5.54. The molecule has 1 amide bonds. The number of amides is 1. The highest BCUT2D eigenvalue weighted by molar-refractivity contribution is 5.81. The van der Waals surface area contributed by atoms with Crippen molar-refractivity contribution in [2.45, 2.75) is 71.6 Å². The predicted octanol–water partition coefficient (Wildman–Crippen LogP) is 2.90. The van der Waals surface area contributed by atoms with Gasteiger partial charge in [0.2, 0.25) is 5.91 Å². The highest BCUT2D eigenvalue weighted by Gasteiger charge is 2.18. The van der Waals surface area contributed by atoms with Crippen molar-refractivity contribution in [1.82, 2.24) is 16.0 Å². The van der Waals surface area contributed by atoms with Crippen LogP contribution in [0.3, 0.4) is 0 Å². The molecule has 0 saturated heterocycles. The Labute approximate surface area is 163 Å². The normalized spacial score (nSPS) is 15.1. The van der Waals surface area contributed by atoms with Crippen LogP contribution in [0.15, 0.2) is 23.2 Å². The van der Waals surface area contributed by atoms with Crippen molar-refractivity contribution in [3.63, 3.8) is 0 Å². The monoisotopic (exact) mass is 374 g/mol. The lowest BCUT2D eigenvalue weighted by molar-refractivity contribution is -0.121. The summed E-state index contributed by atoms with van der Waals surface area (Å²) in [6, 6.07) is 6.48. The van der Waals surface area contributed by atoms with Crippen molar-refractivity contribution in [3.05, 3.63) is 29.3 Å². The van der Waals surface area contributed by atoms with Crippen LogP contribution in [0.4, 0.5) is 0 Å². The van der Waals surface area contributed by atoms with Crippen molar-refractivity contribution < 1.29 is 9.53 Å². The Kier molecular flexibility index (Phi) is 8.43. The molecule has 0 atom stereocenters. The van der Waals surface area contributed by atoms with Gasteiger partial charge in [0.05, 0.1) is 6.10 Å². The zero-order valence-electron chi connectivity index (χ0n) is 17.1. The first kappa shape index (κ1) is 21.1. The fourth-order valence-corrected chi connectivity index (χ4v) is 3.19. The average molecular weight is 375 g/mol. The topological polar surface area (TPSA) is 74.8 Å². The smallest absolute Gasteiger partial charge is 0.221 e. The van der Waals surface area contributed by atoms with Gasteiger partial charge in [0, 0.05) is 38.2 Å². The first-order valence-electron chi connectivity index (χ1n) is 9.98. The van der Waals surface area contributed by atoms with E-state index in [2.05, 4.69) is 46.1 Å². The molecule has 27 heavy (non-hydrogen) atoms. The Balaban J connectivity index is 1.85. The van der Waals surface area contributed by atoms with E-state index in [0.29, 0.717) is 31.6 Å². The minimum absolute atomic E-state index is 0.0405. The summed E-state index contributed by atoms with van der Waals surface area (Å²) in [4.78, 5) is 15.9. The number of aliphatic imine (C=N–C) groups is 1. The van der Waals surface area contributed by atoms with E-state index in [1.54, 1.807) is 7.05 Å². The maximum absolute atomic E-state index is 11.7. The van der Waals surface area contributed by atoms with Crippen LogP contribution in [0.5, 0.6) is 5.75 Å². The van der Waals surface area contributed by atoms with E-state index < -0.39 is 0 Å². The predicted molar refractivity (Wildman–Crippen MR) is 110 cm³/mol. The molecule has 6 heteroatoms. The Bertz CT molecular complexity index is 637. The number of carbonyl (C=O) groups excluding carboxylic acids is 1. The van der Waals surface area contributed by atoms with E-state index in [0.717, 1.165) is 24.2 Å². The molecule has 0 spiro atoms. The lowest BCUT2D eigenvalue weighted by atomic mass is 10.1. The number of nitrogens with one attached hydrogen (secondary N) is 3. The van der Waals surface area contributed by atoms with Gasteiger partial charge in [-0.25, -0.2) is 0 Å². The van der Waals surface area contributed by atoms with Crippen LogP contribution in [0.2, 0.25) is 0 Å². The summed E-state index contributed by atoms with van der Waals surface area (Å²) in [5.41, 5.74) is 2.32. The first-order valence-corrected chi connectivity index (χ1v) is 9.98. The lowest BCUT2D eigenvalue weighted by Crippen LogP contribution is -2.39. The summed E-state index contributed by atoms with van der Waals surface area (Å²) in [5.74, 6) is 1.68. The Hall–Kier alpha value is -2.24. The van der Waals surface area contributed by atoms with E-state index in [-0.39, 0.29) is 11.9 Å². The number of benzene rings is 1. The minimum atomic E-state index is 0.0405. The van der Waals surface area contributed by atoms with Crippen LogP contribution in [-0.4, -0.2) is 37.6 Å². The molecular weight excluding hydrogens is 340 g/mol. The van der Waals surface area contributed by atoms with Gasteiger partial charge >= 0.3 is 0 Å². The molecular formula is C21H34N4O2. The van der Waals surface area contributed by atoms with Gasteiger partial charge in [0.25, 0.3) is 0 Å². The molecule has 1 aliphatic rings. The lowest BCUT2D eigenvalue weighted by Gasteiger charge is -2.18. The van der Waals surface area contributed by atoms with Crippen molar-refractivity contribution in [2.24, 2.45) is 4.99 Å². The van der Waals surface area contributed by atoms with Crippen molar-refractivity contribution in [3.8, 4) is 5.75 Å². The second-order valence-corrected chi connectivity index (χ2v) is 7.46. The van der Waals surface area contributed by atoms with E-state index in [4.69, 9.17) is 4.74 Å². The molecule has 2 rings (SSSR count). The van der Waals surface area contributed by atoms with E-state index >= 15 is 0 Å². The van der Waals surface area contributed by atoms with Gasteiger partial charge in [-0.15, -0.1) is 0 Å². The molecule has 0 aliphatic heterocycles. The van der Waals surface area contributed by atoms with E-state index in [9.17, 15) is 4.79 Å². The molecule has 0 aromatic heterocycles. The molecule has 0 heterocycles. The fourth-order valence-electron chi connectivity index (χ4n) is 3.19. The number of carbonyl (C=O) groups is 1. The zero-order valence-corrected chi connectivity index (χ0v) is 17.1. The highest BCUT2D eigenvalue weighted by atomic mass is 16.5. The average Bonchev–Trinajstić information content (AvgIpc) is 3.11. The van der Waals surface area contributed by atoms with Gasteiger partial charge in [0.1, 0.15) is 5.75 Å². The Morgan fingerprint density at radius 2 is 2.00 bits per heavy atom. The van der Waals surface area contributed by atoms with Gasteiger partial charge in [-0.1, -0.05) is 12.1 Å². The molecule has 0 radical (unpaired) electrons. The van der Waals surface area contributed by atoms with Crippen LogP contribution in [0, 0.1) is 6.92 Å². The third-order valence-electron chi connectivity index (χ3n) is 4.58. The van der Waals surface area contributed by atoms with Crippen LogP contribution in [-0.2, 0) is 11.3 Å². The fraction of sp³-hybridized carbons (Fsp3) is 0.619. The number of ether oxygens (including phenoxy) is 1. The van der Waals surface area contributed by atoms with Gasteiger partial charge in [-0.3, -0.25) is 9.79 Å². The van der Waals surface area contributed by atoms with Crippen molar-refractivity contribution >= 4 is 11.9 Å². The van der Waals surface area contributed by atoms with Gasteiger partial charge in [-0.2, -0.15) is 0 Å². The summed E-state index contributed by atoms with van der Waals surface area (Å²) in [7, 11) is 1.73. The first-order chi connectivity index (χ1) is 13.0. The van der Waals surface area contributed by atoms with E-state index in [1.807, 2.05) is 13.8 Å². The second kappa shape index (κ2) is 10.8. The van der Waals surface area contributed by atoms with Gasteiger partial charge < -0.3 is 20.7 Å². The minimum Gasteiger partial charge on any atom is -0.490 e. The molecule has 3 N–H and O–H groups in total. The molecule has 0 unspecified atom stereocenters. The van der Waals surface area contributed by atoms with E-state index in [1.165, 1.54) is 18.4 Å². The van der Waals surface area contributed by atoms with Gasteiger partial charge in [-0.05, 0) is 58.1 Å². The summed E-state index contributed by atoms with van der Waals surface area (Å²) in [6.45, 7) is 7.16. The van der Waals surface area contributed by atoms with Crippen molar-refractivity contribution in [2.75, 3.05) is 13.6 Å². The molecule has 1 fully saturated rings. The maximum atomic E-state index is 11.7. The number of rotatable bonds is 8. The van der Waals surface area contributed by atoms with Crippen LogP contribution < -0.4 is 20.7 Å². The molecule has 150 valence electrons. The number of hydrogen-bond acceptors (Lipinski definition) is 3. The summed E-state index contributed by atoms with van der Waals surface area (Å²) < 4.78 is 6.25. The number of aryl methyl sites for hydroxylation is 1. The highest BCUT2D eigenvalue weighted by Crippen LogP contribution is 2.27. The molecule has 1 aliphatic carbocycles. The summed E-state index contributed by atoms with van der Waals surface area (Å²) in [5, 5.41) is 9.38. The zero-order chi connectivity index (χ0) is 19.6. The molecule has 0 bridgehead atoms. The van der Waals surface area contributed by atoms with Crippen molar-refractivity contribution in [1.29, 1.82) is 0 Å². The number of guanidine groups is 1. The Morgan fingerprint density at radius 1 is 1.26 bits per heavy atom. The van der Waals surface area contributed by atoms with Crippen LogP contribution in [0.25, 0.3) is 0 Å². The molecule has 6 nitrogen and oxygen atoms in total. The largest absolute Gasteiger partial charge is 0.490 e. The molecule has 1 aromatic rings. The van der Waals surface area contributed by atoms with Crippen LogP contribution >= 0.6 is 0 Å². The number of hydrogen-bond donors (Lipinski definition) is 3. The summed E-state index contributed by atoms with van der Waals surface area (Å²) >= 11 is 0. The second-order valence-electron chi connectivity index (χ2n) is 7.46. The third-order valence-corrected chi connectivity index (χ3v) is 4.58. The molecule has 1 saturated carbocycles.